The van der Waals surface area contributed by atoms with Crippen LogP contribution in [0.5, 0.6) is 0 Å². The number of carbonyl (C=O) groups excluding carboxylic acids is 1. The Hall–Kier alpha value is -2.41. The summed E-state index contributed by atoms with van der Waals surface area (Å²) in [4.78, 5) is 16.6. The number of carbonyl (C=O) groups is 1. The Labute approximate surface area is 170 Å². The van der Waals surface area contributed by atoms with E-state index in [0.29, 0.717) is 23.5 Å². The van der Waals surface area contributed by atoms with Crippen LogP contribution in [0.4, 0.5) is 0 Å². The van der Waals surface area contributed by atoms with Crippen molar-refractivity contribution in [2.75, 3.05) is 5.75 Å². The van der Waals surface area contributed by atoms with Crippen molar-refractivity contribution in [1.82, 2.24) is 25.1 Å². The number of allylic oxidation sites excluding steroid dienone is 3. The first kappa shape index (κ1) is 20.3. The number of pyridine rings is 1. The highest BCUT2D eigenvalue weighted by atomic mass is 32.2. The Kier molecular flexibility index (Phi) is 6.67. The molecule has 2 aromatic rings. The maximum absolute atomic E-state index is 12.4. The maximum atomic E-state index is 12.4. The molecule has 28 heavy (non-hydrogen) atoms. The molecule has 0 aromatic carbocycles. The van der Waals surface area contributed by atoms with Gasteiger partial charge in [-0.1, -0.05) is 44.7 Å². The number of aromatic nitrogens is 4. The molecule has 0 radical (unpaired) electrons. The van der Waals surface area contributed by atoms with E-state index in [-0.39, 0.29) is 5.91 Å². The molecule has 1 aliphatic rings. The Morgan fingerprint density at radius 3 is 2.82 bits per heavy atom. The van der Waals surface area contributed by atoms with Gasteiger partial charge >= 0.3 is 0 Å². The molecule has 2 unspecified atom stereocenters. The summed E-state index contributed by atoms with van der Waals surface area (Å²) in [5.41, 5.74) is 1.79. The molecule has 0 saturated carbocycles. The molecular formula is C21H27N5OS. The quantitative estimate of drug-likeness (QED) is 0.717. The number of hydrogen-bond acceptors (Lipinski definition) is 5. The van der Waals surface area contributed by atoms with Crippen LogP contribution in [0.2, 0.25) is 0 Å². The van der Waals surface area contributed by atoms with Crippen LogP contribution >= 0.6 is 11.8 Å². The molecule has 1 aliphatic carbocycles. The predicted octanol–water partition coefficient (Wildman–Crippen LogP) is 3.93. The average molecular weight is 398 g/mol. The minimum Gasteiger partial charge on any atom is -0.326 e. The summed E-state index contributed by atoms with van der Waals surface area (Å²) in [7, 11) is 0. The Morgan fingerprint density at radius 2 is 2.18 bits per heavy atom. The zero-order valence-corrected chi connectivity index (χ0v) is 17.6. The Morgan fingerprint density at radius 1 is 1.36 bits per heavy atom. The molecule has 0 bridgehead atoms. The summed E-state index contributed by atoms with van der Waals surface area (Å²) in [5.74, 6) is 2.54. The third-order valence-electron chi connectivity index (χ3n) is 4.89. The van der Waals surface area contributed by atoms with Gasteiger partial charge in [-0.15, -0.1) is 10.2 Å². The van der Waals surface area contributed by atoms with Gasteiger partial charge in [-0.05, 0) is 42.9 Å². The largest absolute Gasteiger partial charge is 0.326 e. The highest BCUT2D eigenvalue weighted by molar-refractivity contribution is 7.99. The normalized spacial score (nSPS) is 19.0. The van der Waals surface area contributed by atoms with E-state index in [1.165, 1.54) is 11.8 Å². The fraction of sp³-hybridized carbons (Fsp3) is 0.429. The van der Waals surface area contributed by atoms with Crippen molar-refractivity contribution in [1.29, 1.82) is 0 Å². The molecule has 0 fully saturated rings. The van der Waals surface area contributed by atoms with Crippen LogP contribution in [-0.4, -0.2) is 31.4 Å². The highest BCUT2D eigenvalue weighted by Crippen LogP contribution is 2.28. The second-order valence-electron chi connectivity index (χ2n) is 7.29. The smallest absolute Gasteiger partial charge is 0.234 e. The Bertz CT molecular complexity index is 872. The lowest BCUT2D eigenvalue weighted by Gasteiger charge is -2.26. The van der Waals surface area contributed by atoms with E-state index >= 15 is 0 Å². The minimum absolute atomic E-state index is 0.0373. The lowest BCUT2D eigenvalue weighted by Crippen LogP contribution is -2.27. The monoisotopic (exact) mass is 397 g/mol. The topological polar surface area (TPSA) is 72.7 Å². The van der Waals surface area contributed by atoms with E-state index in [2.05, 4.69) is 53.4 Å². The zero-order valence-electron chi connectivity index (χ0n) is 16.8. The van der Waals surface area contributed by atoms with Gasteiger partial charge in [-0.25, -0.2) is 0 Å². The Balaban J connectivity index is 1.61. The van der Waals surface area contributed by atoms with Gasteiger partial charge in [-0.3, -0.25) is 9.78 Å². The minimum atomic E-state index is -0.0373. The van der Waals surface area contributed by atoms with E-state index in [1.54, 1.807) is 12.4 Å². The number of rotatable bonds is 7. The van der Waals surface area contributed by atoms with Gasteiger partial charge in [0.2, 0.25) is 5.91 Å². The second-order valence-corrected chi connectivity index (χ2v) is 8.23. The van der Waals surface area contributed by atoms with E-state index in [4.69, 9.17) is 0 Å². The van der Waals surface area contributed by atoms with Gasteiger partial charge in [-0.2, -0.15) is 0 Å². The molecule has 1 amide bonds. The molecule has 2 heterocycles. The molecule has 2 atom stereocenters. The molecule has 3 rings (SSSR count). The van der Waals surface area contributed by atoms with Crippen LogP contribution < -0.4 is 5.32 Å². The van der Waals surface area contributed by atoms with Crippen LogP contribution in [0.25, 0.3) is 11.4 Å². The average Bonchev–Trinajstić information content (AvgIpc) is 3.09. The van der Waals surface area contributed by atoms with Crippen molar-refractivity contribution in [3.8, 4) is 11.4 Å². The third kappa shape index (κ3) is 4.70. The fourth-order valence-corrected chi connectivity index (χ4v) is 4.27. The van der Waals surface area contributed by atoms with Gasteiger partial charge < -0.3 is 9.88 Å². The molecule has 7 heteroatoms. The SMILES string of the molecule is CCn1c(SCC(=O)NC2=CC(C)C(C(C)C)C=C2)nnc1-c1cccnc1. The van der Waals surface area contributed by atoms with Gasteiger partial charge in [0.05, 0.1) is 5.75 Å². The van der Waals surface area contributed by atoms with Gasteiger partial charge in [0.15, 0.2) is 11.0 Å². The molecule has 2 aromatic heterocycles. The fourth-order valence-electron chi connectivity index (χ4n) is 3.47. The first-order valence-electron chi connectivity index (χ1n) is 9.65. The molecule has 6 nitrogen and oxygen atoms in total. The van der Waals surface area contributed by atoms with Crippen molar-refractivity contribution in [3.05, 3.63) is 48.5 Å². The number of amides is 1. The maximum Gasteiger partial charge on any atom is 0.234 e. The zero-order chi connectivity index (χ0) is 20.1. The highest BCUT2D eigenvalue weighted by Gasteiger charge is 2.21. The van der Waals surface area contributed by atoms with E-state index in [0.717, 1.165) is 28.8 Å². The van der Waals surface area contributed by atoms with Crippen LogP contribution in [-0.2, 0) is 11.3 Å². The first-order valence-corrected chi connectivity index (χ1v) is 10.6. The molecule has 148 valence electrons. The van der Waals surface area contributed by atoms with Crippen molar-refractivity contribution in [3.63, 3.8) is 0 Å². The number of nitrogens with zero attached hydrogens (tertiary/aromatic N) is 4. The van der Waals surface area contributed by atoms with Crippen LogP contribution in [0.1, 0.15) is 27.7 Å². The predicted molar refractivity (Wildman–Crippen MR) is 113 cm³/mol. The van der Waals surface area contributed by atoms with Crippen molar-refractivity contribution in [2.45, 2.75) is 39.4 Å². The summed E-state index contributed by atoms with van der Waals surface area (Å²) >= 11 is 1.40. The van der Waals surface area contributed by atoms with Crippen molar-refractivity contribution < 1.29 is 4.79 Å². The summed E-state index contributed by atoms with van der Waals surface area (Å²) in [5, 5.41) is 12.3. The molecule has 0 aliphatic heterocycles. The van der Waals surface area contributed by atoms with E-state index in [9.17, 15) is 4.79 Å². The summed E-state index contributed by atoms with van der Waals surface area (Å²) in [6.07, 6.45) is 9.86. The van der Waals surface area contributed by atoms with Gasteiger partial charge in [0, 0.05) is 30.2 Å². The van der Waals surface area contributed by atoms with Crippen LogP contribution in [0, 0.1) is 17.8 Å². The van der Waals surface area contributed by atoms with E-state index < -0.39 is 0 Å². The summed E-state index contributed by atoms with van der Waals surface area (Å²) < 4.78 is 2.00. The first-order chi connectivity index (χ1) is 13.5. The van der Waals surface area contributed by atoms with Gasteiger partial charge in [0.25, 0.3) is 0 Å². The second kappa shape index (κ2) is 9.19. The molecule has 0 saturated heterocycles. The van der Waals surface area contributed by atoms with Crippen LogP contribution in [0.3, 0.4) is 0 Å². The van der Waals surface area contributed by atoms with Crippen molar-refractivity contribution >= 4 is 17.7 Å². The van der Waals surface area contributed by atoms with Gasteiger partial charge in [0.1, 0.15) is 0 Å². The summed E-state index contributed by atoms with van der Waals surface area (Å²) in [6, 6.07) is 3.83. The van der Waals surface area contributed by atoms with Crippen molar-refractivity contribution in [2.24, 2.45) is 17.8 Å². The summed E-state index contributed by atoms with van der Waals surface area (Å²) in [6.45, 7) is 9.41. The number of hydrogen-bond donors (Lipinski definition) is 1. The standard InChI is InChI=1S/C21H27N5OS/c1-5-26-20(16-7-6-10-22-12-16)24-25-21(26)28-13-19(27)23-17-8-9-18(14(2)3)15(4)11-17/h6-12,14-15,18H,5,13H2,1-4H3,(H,23,27). The van der Waals surface area contributed by atoms with E-state index in [1.807, 2.05) is 29.7 Å². The molecule has 1 N–H and O–H groups in total. The number of thioether (sulfide) groups is 1. The third-order valence-corrected chi connectivity index (χ3v) is 5.85. The van der Waals surface area contributed by atoms with Crippen LogP contribution in [0.15, 0.2) is 53.6 Å². The lowest BCUT2D eigenvalue weighted by molar-refractivity contribution is -0.117. The lowest BCUT2D eigenvalue weighted by atomic mass is 9.81. The molecule has 0 spiro atoms. The number of nitrogens with one attached hydrogen (secondary N) is 1. The molecular weight excluding hydrogens is 370 g/mol.